The molecule has 0 aliphatic carbocycles. The number of hydrogen-bond acceptors (Lipinski definition) is 5. The Labute approximate surface area is 121 Å². The number of nitrogens with zero attached hydrogens (tertiary/aromatic N) is 2. The zero-order valence-electron chi connectivity index (χ0n) is 11.3. The summed E-state index contributed by atoms with van der Waals surface area (Å²) in [6, 6.07) is 10.6. The highest BCUT2D eigenvalue weighted by molar-refractivity contribution is 5.83. The van der Waals surface area contributed by atoms with Crippen molar-refractivity contribution in [2.75, 3.05) is 13.1 Å². The molecule has 3 rings (SSSR count). The largest absolute Gasteiger partial charge is 0.388 e. The van der Waals surface area contributed by atoms with Gasteiger partial charge in [0.2, 0.25) is 0 Å². The van der Waals surface area contributed by atoms with E-state index in [0.717, 1.165) is 5.69 Å². The summed E-state index contributed by atoms with van der Waals surface area (Å²) in [6.45, 7) is 0.815. The summed E-state index contributed by atoms with van der Waals surface area (Å²) in [7, 11) is 0. The first kappa shape index (κ1) is 13.8. The Morgan fingerprint density at radius 3 is 2.71 bits per heavy atom. The monoisotopic (exact) mass is 288 g/mol. The van der Waals surface area contributed by atoms with Gasteiger partial charge in [-0.05, 0) is 5.56 Å². The van der Waals surface area contributed by atoms with Crippen LogP contribution < -0.4 is 0 Å². The summed E-state index contributed by atoms with van der Waals surface area (Å²) >= 11 is 0. The van der Waals surface area contributed by atoms with E-state index in [4.69, 9.17) is 9.63 Å². The maximum Gasteiger partial charge on any atom is 0.256 e. The zero-order valence-corrected chi connectivity index (χ0v) is 11.3. The number of hydrogen-bond donors (Lipinski definition) is 2. The van der Waals surface area contributed by atoms with Crippen LogP contribution in [0.3, 0.4) is 0 Å². The number of benzene rings is 1. The van der Waals surface area contributed by atoms with Crippen LogP contribution in [0.5, 0.6) is 0 Å². The van der Waals surface area contributed by atoms with Crippen LogP contribution in [-0.4, -0.2) is 39.3 Å². The molecule has 2 heterocycles. The standard InChI is InChI=1S/C15H16N2O4/c18-9-12-6-13(16-21-12)11-7-17(8-11)15(20)14(19)10-4-2-1-3-5-10/h1-6,11,14,18-19H,7-9H2/t14-/m0/s1. The topological polar surface area (TPSA) is 86.8 Å². The molecule has 0 unspecified atom stereocenters. The Kier molecular flexibility index (Phi) is 3.72. The maximum absolute atomic E-state index is 12.2. The number of carbonyl (C=O) groups is 1. The van der Waals surface area contributed by atoms with Gasteiger partial charge in [0.15, 0.2) is 11.9 Å². The van der Waals surface area contributed by atoms with Gasteiger partial charge in [0.05, 0.1) is 5.69 Å². The predicted octanol–water partition coefficient (Wildman–Crippen LogP) is 0.826. The van der Waals surface area contributed by atoms with Gasteiger partial charge in [-0.15, -0.1) is 0 Å². The zero-order chi connectivity index (χ0) is 14.8. The lowest BCUT2D eigenvalue weighted by molar-refractivity contribution is -0.145. The Morgan fingerprint density at radius 1 is 1.38 bits per heavy atom. The van der Waals surface area contributed by atoms with Crippen molar-refractivity contribution in [2.24, 2.45) is 0 Å². The van der Waals surface area contributed by atoms with Crippen molar-refractivity contribution in [3.63, 3.8) is 0 Å². The third-order valence-electron chi connectivity index (χ3n) is 3.69. The lowest BCUT2D eigenvalue weighted by atomic mass is 9.94. The quantitative estimate of drug-likeness (QED) is 0.870. The Balaban J connectivity index is 1.59. The highest BCUT2D eigenvalue weighted by atomic mass is 16.5. The molecule has 1 aliphatic heterocycles. The smallest absolute Gasteiger partial charge is 0.256 e. The van der Waals surface area contributed by atoms with Gasteiger partial charge < -0.3 is 19.6 Å². The van der Waals surface area contributed by atoms with Crippen LogP contribution >= 0.6 is 0 Å². The predicted molar refractivity (Wildman–Crippen MR) is 73.1 cm³/mol. The van der Waals surface area contributed by atoms with Gasteiger partial charge in [0, 0.05) is 25.1 Å². The summed E-state index contributed by atoms with van der Waals surface area (Å²) in [4.78, 5) is 13.7. The molecule has 0 spiro atoms. The molecule has 1 saturated heterocycles. The Morgan fingerprint density at radius 2 is 2.10 bits per heavy atom. The number of aliphatic hydroxyl groups excluding tert-OH is 2. The molecule has 1 aromatic carbocycles. The molecule has 1 amide bonds. The van der Waals surface area contributed by atoms with E-state index in [9.17, 15) is 9.90 Å². The lowest BCUT2D eigenvalue weighted by Gasteiger charge is -2.39. The van der Waals surface area contributed by atoms with E-state index in [-0.39, 0.29) is 18.4 Å². The third kappa shape index (κ3) is 2.68. The summed E-state index contributed by atoms with van der Waals surface area (Å²) in [5.41, 5.74) is 1.33. The van der Waals surface area contributed by atoms with Gasteiger partial charge in [-0.25, -0.2) is 0 Å². The van der Waals surface area contributed by atoms with Crippen LogP contribution in [0.25, 0.3) is 0 Å². The number of carbonyl (C=O) groups excluding carboxylic acids is 1. The first-order valence-corrected chi connectivity index (χ1v) is 6.77. The van der Waals surface area contributed by atoms with E-state index >= 15 is 0 Å². The number of aliphatic hydroxyl groups is 2. The summed E-state index contributed by atoms with van der Waals surface area (Å²) in [5, 5.41) is 22.9. The fraction of sp³-hybridized carbons (Fsp3) is 0.333. The molecular formula is C15H16N2O4. The van der Waals surface area contributed by atoms with Crippen molar-refractivity contribution in [1.82, 2.24) is 10.1 Å². The molecule has 1 atom stereocenters. The first-order valence-electron chi connectivity index (χ1n) is 6.77. The van der Waals surface area contributed by atoms with Crippen LogP contribution in [-0.2, 0) is 11.4 Å². The molecule has 6 heteroatoms. The lowest BCUT2D eigenvalue weighted by Crippen LogP contribution is -2.50. The minimum absolute atomic E-state index is 0.0981. The third-order valence-corrected chi connectivity index (χ3v) is 3.69. The van der Waals surface area contributed by atoms with Crippen LogP contribution in [0.1, 0.15) is 29.0 Å². The fourth-order valence-corrected chi connectivity index (χ4v) is 2.39. The van der Waals surface area contributed by atoms with Crippen molar-refractivity contribution in [1.29, 1.82) is 0 Å². The van der Waals surface area contributed by atoms with E-state index in [0.29, 0.717) is 24.4 Å². The normalized spacial score (nSPS) is 16.6. The number of likely N-dealkylation sites (tertiary alicyclic amines) is 1. The molecule has 2 N–H and O–H groups in total. The van der Waals surface area contributed by atoms with E-state index in [1.54, 1.807) is 35.2 Å². The Hall–Kier alpha value is -2.18. The van der Waals surface area contributed by atoms with Crippen LogP contribution in [0.2, 0.25) is 0 Å². The van der Waals surface area contributed by atoms with Gasteiger partial charge in [0.25, 0.3) is 5.91 Å². The van der Waals surface area contributed by atoms with Crippen LogP contribution in [0.4, 0.5) is 0 Å². The van der Waals surface area contributed by atoms with Crippen LogP contribution in [0.15, 0.2) is 40.9 Å². The molecule has 0 bridgehead atoms. The highest BCUT2D eigenvalue weighted by Gasteiger charge is 2.36. The number of rotatable bonds is 4. The fourth-order valence-electron chi connectivity index (χ4n) is 2.39. The number of amides is 1. The molecule has 0 radical (unpaired) electrons. The van der Waals surface area contributed by atoms with Gasteiger partial charge in [-0.2, -0.15) is 0 Å². The van der Waals surface area contributed by atoms with Gasteiger partial charge in [-0.3, -0.25) is 4.79 Å². The molecule has 21 heavy (non-hydrogen) atoms. The molecule has 0 saturated carbocycles. The molecular weight excluding hydrogens is 272 g/mol. The van der Waals surface area contributed by atoms with Gasteiger partial charge in [-0.1, -0.05) is 35.5 Å². The molecule has 1 fully saturated rings. The van der Waals surface area contributed by atoms with E-state index < -0.39 is 6.10 Å². The molecule has 1 aliphatic rings. The molecule has 1 aromatic heterocycles. The highest BCUT2D eigenvalue weighted by Crippen LogP contribution is 2.29. The minimum Gasteiger partial charge on any atom is -0.388 e. The SMILES string of the molecule is O=C([C@@H](O)c1ccccc1)N1CC(c2cc(CO)on2)C1. The second kappa shape index (κ2) is 5.67. The second-order valence-electron chi connectivity index (χ2n) is 5.13. The van der Waals surface area contributed by atoms with Crippen molar-refractivity contribution in [3.05, 3.63) is 53.4 Å². The summed E-state index contributed by atoms with van der Waals surface area (Å²) in [5.74, 6) is 0.211. The molecule has 6 nitrogen and oxygen atoms in total. The minimum atomic E-state index is -1.13. The average molecular weight is 288 g/mol. The van der Waals surface area contributed by atoms with Crippen molar-refractivity contribution < 1.29 is 19.5 Å². The van der Waals surface area contributed by atoms with Gasteiger partial charge in [0.1, 0.15) is 6.61 Å². The second-order valence-corrected chi connectivity index (χ2v) is 5.13. The van der Waals surface area contributed by atoms with E-state index in [1.807, 2.05) is 6.07 Å². The number of aromatic nitrogens is 1. The van der Waals surface area contributed by atoms with Crippen molar-refractivity contribution >= 4 is 5.91 Å². The molecule has 110 valence electrons. The average Bonchev–Trinajstić information content (AvgIpc) is 2.94. The maximum atomic E-state index is 12.2. The van der Waals surface area contributed by atoms with E-state index in [1.165, 1.54) is 0 Å². The molecule has 2 aromatic rings. The Bertz CT molecular complexity index is 620. The van der Waals surface area contributed by atoms with Crippen molar-refractivity contribution in [3.8, 4) is 0 Å². The van der Waals surface area contributed by atoms with Gasteiger partial charge >= 0.3 is 0 Å². The van der Waals surface area contributed by atoms with Crippen molar-refractivity contribution in [2.45, 2.75) is 18.6 Å². The van der Waals surface area contributed by atoms with E-state index in [2.05, 4.69) is 5.16 Å². The van der Waals surface area contributed by atoms with Crippen LogP contribution in [0, 0.1) is 0 Å². The first-order chi connectivity index (χ1) is 10.2. The summed E-state index contributed by atoms with van der Waals surface area (Å²) in [6.07, 6.45) is -1.13. The summed E-state index contributed by atoms with van der Waals surface area (Å²) < 4.78 is 4.93.